The van der Waals surface area contributed by atoms with E-state index in [1.54, 1.807) is 43.3 Å². The van der Waals surface area contributed by atoms with Crippen LogP contribution < -0.4 is 14.4 Å². The Morgan fingerprint density at radius 2 is 1.73 bits per heavy atom. The number of likely N-dealkylation sites (N-methyl/N-ethyl adjacent to an activating group) is 1. The second-order valence-corrected chi connectivity index (χ2v) is 9.95. The number of rotatable bonds is 10. The molecule has 2 rings (SSSR count). The Kier molecular flexibility index (Phi) is 9.39. The molecule has 1 atom stereocenters. The number of halogens is 2. The Balaban J connectivity index is 2.50. The highest BCUT2D eigenvalue weighted by Crippen LogP contribution is 2.28. The zero-order valence-electron chi connectivity index (χ0n) is 18.8. The SMILES string of the molecule is CCC(C(=O)NC)N(Cc1c(Cl)cccc1Cl)C(=O)CN(c1cccc(OC)c1)S(C)(=O)=O. The third-order valence-corrected chi connectivity index (χ3v) is 6.89. The number of benzene rings is 2. The molecular weight excluding hydrogens is 489 g/mol. The summed E-state index contributed by atoms with van der Waals surface area (Å²) >= 11 is 12.6. The molecule has 33 heavy (non-hydrogen) atoms. The fourth-order valence-corrected chi connectivity index (χ4v) is 4.68. The van der Waals surface area contributed by atoms with E-state index in [9.17, 15) is 18.0 Å². The maximum atomic E-state index is 13.5. The number of hydrogen-bond donors (Lipinski definition) is 1. The van der Waals surface area contributed by atoms with Crippen LogP contribution in [0.3, 0.4) is 0 Å². The van der Waals surface area contributed by atoms with Crippen LogP contribution in [0.1, 0.15) is 18.9 Å². The van der Waals surface area contributed by atoms with Crippen LogP contribution in [0.4, 0.5) is 5.69 Å². The minimum atomic E-state index is -3.84. The van der Waals surface area contributed by atoms with Gasteiger partial charge in [0.05, 0.1) is 19.1 Å². The van der Waals surface area contributed by atoms with E-state index in [-0.39, 0.29) is 18.1 Å². The molecule has 0 bridgehead atoms. The maximum Gasteiger partial charge on any atom is 0.244 e. The van der Waals surface area contributed by atoms with Gasteiger partial charge in [-0.15, -0.1) is 0 Å². The van der Waals surface area contributed by atoms with Crippen molar-refractivity contribution in [2.45, 2.75) is 25.9 Å². The number of carbonyl (C=O) groups excluding carboxylic acids is 2. The Hall–Kier alpha value is -2.49. The summed E-state index contributed by atoms with van der Waals surface area (Å²) in [4.78, 5) is 27.4. The number of amides is 2. The molecule has 180 valence electrons. The number of ether oxygens (including phenoxy) is 1. The van der Waals surface area contributed by atoms with Gasteiger partial charge in [0.25, 0.3) is 0 Å². The van der Waals surface area contributed by atoms with Gasteiger partial charge in [-0.25, -0.2) is 8.42 Å². The van der Waals surface area contributed by atoms with E-state index in [0.29, 0.717) is 27.8 Å². The number of anilines is 1. The van der Waals surface area contributed by atoms with Crippen molar-refractivity contribution < 1.29 is 22.7 Å². The minimum Gasteiger partial charge on any atom is -0.497 e. The van der Waals surface area contributed by atoms with E-state index in [1.807, 2.05) is 0 Å². The average molecular weight is 516 g/mol. The molecule has 0 saturated heterocycles. The van der Waals surface area contributed by atoms with Crippen LogP contribution in [0, 0.1) is 0 Å². The Bertz CT molecular complexity index is 1090. The first-order valence-electron chi connectivity index (χ1n) is 10.1. The second kappa shape index (κ2) is 11.6. The van der Waals surface area contributed by atoms with E-state index >= 15 is 0 Å². The average Bonchev–Trinajstić information content (AvgIpc) is 2.77. The summed E-state index contributed by atoms with van der Waals surface area (Å²) in [6.45, 7) is 1.16. The predicted molar refractivity (Wildman–Crippen MR) is 130 cm³/mol. The maximum absolute atomic E-state index is 13.5. The van der Waals surface area contributed by atoms with Crippen LogP contribution >= 0.6 is 23.2 Å². The lowest BCUT2D eigenvalue weighted by molar-refractivity contribution is -0.140. The van der Waals surface area contributed by atoms with Crippen molar-refractivity contribution in [3.63, 3.8) is 0 Å². The van der Waals surface area contributed by atoms with Crippen LogP contribution in [0.15, 0.2) is 42.5 Å². The van der Waals surface area contributed by atoms with Gasteiger partial charge >= 0.3 is 0 Å². The third-order valence-electron chi connectivity index (χ3n) is 5.04. The second-order valence-electron chi connectivity index (χ2n) is 7.23. The molecule has 2 aromatic rings. The fourth-order valence-electron chi connectivity index (χ4n) is 3.32. The summed E-state index contributed by atoms with van der Waals surface area (Å²) in [5, 5.41) is 3.22. The van der Waals surface area contributed by atoms with Crippen LogP contribution in [-0.4, -0.2) is 58.1 Å². The molecule has 1 N–H and O–H groups in total. The van der Waals surface area contributed by atoms with Gasteiger partial charge in [0.15, 0.2) is 0 Å². The van der Waals surface area contributed by atoms with Crippen molar-refractivity contribution in [2.75, 3.05) is 31.3 Å². The molecule has 0 spiro atoms. The number of nitrogens with zero attached hydrogens (tertiary/aromatic N) is 2. The van der Waals surface area contributed by atoms with Gasteiger partial charge in [-0.3, -0.25) is 13.9 Å². The summed E-state index contributed by atoms with van der Waals surface area (Å²) in [6.07, 6.45) is 1.30. The number of methoxy groups -OCH3 is 1. The highest BCUT2D eigenvalue weighted by atomic mass is 35.5. The van der Waals surface area contributed by atoms with Crippen molar-refractivity contribution in [2.24, 2.45) is 0 Å². The summed E-state index contributed by atoms with van der Waals surface area (Å²) < 4.78 is 31.3. The minimum absolute atomic E-state index is 0.0705. The van der Waals surface area contributed by atoms with Crippen LogP contribution in [0.2, 0.25) is 10.0 Å². The van der Waals surface area contributed by atoms with Gasteiger partial charge in [-0.2, -0.15) is 0 Å². The largest absolute Gasteiger partial charge is 0.497 e. The van der Waals surface area contributed by atoms with Crippen LogP contribution in [0.5, 0.6) is 5.75 Å². The molecule has 2 aromatic carbocycles. The standard InChI is InChI=1S/C22H27Cl2N3O5S/c1-5-20(22(29)25-2)26(13-17-18(23)10-7-11-19(17)24)21(28)14-27(33(4,30)31)15-8-6-9-16(12-15)32-3/h6-12,20H,5,13-14H2,1-4H3,(H,25,29). The number of nitrogens with one attached hydrogen (secondary N) is 1. The van der Waals surface area contributed by atoms with E-state index in [2.05, 4.69) is 5.32 Å². The monoisotopic (exact) mass is 515 g/mol. The van der Waals surface area contributed by atoms with Crippen molar-refractivity contribution in [1.29, 1.82) is 0 Å². The van der Waals surface area contributed by atoms with Crippen molar-refractivity contribution in [3.8, 4) is 5.75 Å². The Labute approximate surface area is 204 Å². The summed E-state index contributed by atoms with van der Waals surface area (Å²) in [6, 6.07) is 10.4. The van der Waals surface area contributed by atoms with Gasteiger partial charge in [0, 0.05) is 35.3 Å². The molecule has 11 heteroatoms. The topological polar surface area (TPSA) is 96.0 Å². The predicted octanol–water partition coefficient (Wildman–Crippen LogP) is 3.32. The Morgan fingerprint density at radius 3 is 2.24 bits per heavy atom. The molecule has 0 radical (unpaired) electrons. The third kappa shape index (κ3) is 6.75. The summed E-state index contributed by atoms with van der Waals surface area (Å²) in [7, 11) is -0.916. The zero-order valence-corrected chi connectivity index (χ0v) is 21.2. The fraction of sp³-hybridized carbons (Fsp3) is 0.364. The number of carbonyl (C=O) groups is 2. The quantitative estimate of drug-likeness (QED) is 0.523. The van der Waals surface area contributed by atoms with Crippen LogP contribution in [0.25, 0.3) is 0 Å². The van der Waals surface area contributed by atoms with Gasteiger partial charge < -0.3 is 15.0 Å². The molecule has 8 nitrogen and oxygen atoms in total. The Morgan fingerprint density at radius 1 is 1.12 bits per heavy atom. The van der Waals surface area contributed by atoms with Crippen molar-refractivity contribution in [3.05, 3.63) is 58.1 Å². The van der Waals surface area contributed by atoms with Crippen molar-refractivity contribution in [1.82, 2.24) is 10.2 Å². The molecule has 0 fully saturated rings. The summed E-state index contributed by atoms with van der Waals surface area (Å²) in [5.74, 6) is -0.541. The molecule has 0 aliphatic carbocycles. The molecule has 0 aliphatic heterocycles. The smallest absolute Gasteiger partial charge is 0.244 e. The van der Waals surface area contributed by atoms with Crippen LogP contribution in [-0.2, 0) is 26.2 Å². The van der Waals surface area contributed by atoms with Gasteiger partial charge in [0.2, 0.25) is 21.8 Å². The number of hydrogen-bond acceptors (Lipinski definition) is 5. The van der Waals surface area contributed by atoms with E-state index < -0.39 is 28.5 Å². The summed E-state index contributed by atoms with van der Waals surface area (Å²) in [5.41, 5.74) is 0.720. The van der Waals surface area contributed by atoms with Crippen molar-refractivity contribution >= 4 is 50.7 Å². The molecule has 0 aromatic heterocycles. The molecule has 0 aliphatic rings. The molecular formula is C22H27Cl2N3O5S. The number of sulfonamides is 1. The molecule has 2 amide bonds. The van der Waals surface area contributed by atoms with Gasteiger partial charge in [-0.1, -0.05) is 42.3 Å². The lowest BCUT2D eigenvalue weighted by Crippen LogP contribution is -2.51. The zero-order chi connectivity index (χ0) is 24.8. The van der Waals surface area contributed by atoms with E-state index in [1.165, 1.54) is 25.1 Å². The molecule has 1 unspecified atom stereocenters. The normalized spacial score (nSPS) is 12.1. The first-order valence-corrected chi connectivity index (χ1v) is 12.7. The first kappa shape index (κ1) is 26.8. The highest BCUT2D eigenvalue weighted by molar-refractivity contribution is 7.92. The lowest BCUT2D eigenvalue weighted by atomic mass is 10.1. The molecule has 0 saturated carbocycles. The highest BCUT2D eigenvalue weighted by Gasteiger charge is 2.32. The first-order chi connectivity index (χ1) is 15.5. The molecule has 0 heterocycles. The lowest BCUT2D eigenvalue weighted by Gasteiger charge is -2.33. The van der Waals surface area contributed by atoms with Gasteiger partial charge in [-0.05, 0) is 30.7 Å². The van der Waals surface area contributed by atoms with Gasteiger partial charge in [0.1, 0.15) is 18.3 Å². The van der Waals surface area contributed by atoms with E-state index in [4.69, 9.17) is 27.9 Å². The van der Waals surface area contributed by atoms with E-state index in [0.717, 1.165) is 10.6 Å².